The Kier molecular flexibility index (Phi) is 5.48. The van der Waals surface area contributed by atoms with Gasteiger partial charge < -0.3 is 20.3 Å². The lowest BCUT2D eigenvalue weighted by atomic mass is 10.2. The molecule has 1 aromatic carbocycles. The van der Waals surface area contributed by atoms with Crippen molar-refractivity contribution in [3.05, 3.63) is 29.8 Å². The van der Waals surface area contributed by atoms with E-state index in [0.717, 1.165) is 0 Å². The summed E-state index contributed by atoms with van der Waals surface area (Å²) in [4.78, 5) is 10.2. The number of rotatable bonds is 6. The maximum atomic E-state index is 10.2. The summed E-state index contributed by atoms with van der Waals surface area (Å²) in [6.07, 6.45) is -1.62. The molecule has 0 fully saturated rings. The zero-order valence-corrected chi connectivity index (χ0v) is 9.67. The topological polar surface area (TPSA) is 103 Å². The summed E-state index contributed by atoms with van der Waals surface area (Å²) in [5.41, 5.74) is 0.549. The first-order valence-corrected chi connectivity index (χ1v) is 5.39. The van der Waals surface area contributed by atoms with Crippen molar-refractivity contribution in [3.8, 4) is 11.8 Å². The first-order chi connectivity index (χ1) is 8.61. The number of benzene rings is 1. The molecular formula is C12H14N2O4. The fourth-order valence-corrected chi connectivity index (χ4v) is 1.25. The number of nitrogens with zero attached hydrogens (tertiary/aromatic N) is 1. The molecule has 1 amide bonds. The van der Waals surface area contributed by atoms with Crippen LogP contribution >= 0.6 is 0 Å². The lowest BCUT2D eigenvalue weighted by Gasteiger charge is -2.11. The van der Waals surface area contributed by atoms with E-state index in [2.05, 4.69) is 5.32 Å². The van der Waals surface area contributed by atoms with Crippen LogP contribution in [0, 0.1) is 11.3 Å². The van der Waals surface area contributed by atoms with Crippen LogP contribution in [0.1, 0.15) is 12.0 Å². The smallest absolute Gasteiger partial charge is 0.404 e. The third kappa shape index (κ3) is 5.18. The van der Waals surface area contributed by atoms with E-state index in [-0.39, 0.29) is 13.2 Å². The van der Waals surface area contributed by atoms with Crippen LogP contribution in [-0.4, -0.2) is 35.6 Å². The molecule has 1 rings (SSSR count). The normalized spacial score (nSPS) is 11.3. The second-order valence-corrected chi connectivity index (χ2v) is 3.61. The molecule has 0 aliphatic heterocycles. The van der Waals surface area contributed by atoms with Gasteiger partial charge in [0.05, 0.1) is 24.3 Å². The standard InChI is InChI=1S/C12H14N2O4/c13-7-9-1-3-11(4-2-9)18-6-5-10(15)8-14-12(16)17/h1-4,10,14-15H,5-6,8H2,(H,16,17). The summed E-state index contributed by atoms with van der Waals surface area (Å²) in [5.74, 6) is 0.604. The second kappa shape index (κ2) is 7.14. The highest BCUT2D eigenvalue weighted by Crippen LogP contribution is 2.11. The maximum absolute atomic E-state index is 10.2. The van der Waals surface area contributed by atoms with Gasteiger partial charge in [-0.1, -0.05) is 0 Å². The van der Waals surface area contributed by atoms with Gasteiger partial charge in [-0.2, -0.15) is 5.26 Å². The van der Waals surface area contributed by atoms with Crippen molar-refractivity contribution < 1.29 is 19.7 Å². The van der Waals surface area contributed by atoms with Crippen LogP contribution < -0.4 is 10.1 Å². The Balaban J connectivity index is 2.24. The van der Waals surface area contributed by atoms with Crippen LogP contribution in [-0.2, 0) is 0 Å². The lowest BCUT2D eigenvalue weighted by molar-refractivity contribution is 0.132. The zero-order valence-electron chi connectivity index (χ0n) is 9.67. The molecule has 0 bridgehead atoms. The minimum Gasteiger partial charge on any atom is -0.493 e. The molecule has 0 saturated carbocycles. The van der Waals surface area contributed by atoms with Gasteiger partial charge >= 0.3 is 6.09 Å². The Hall–Kier alpha value is -2.26. The fraction of sp³-hybridized carbons (Fsp3) is 0.333. The van der Waals surface area contributed by atoms with Gasteiger partial charge in [-0.25, -0.2) is 4.79 Å². The molecule has 0 spiro atoms. The summed E-state index contributed by atoms with van der Waals surface area (Å²) < 4.78 is 5.34. The summed E-state index contributed by atoms with van der Waals surface area (Å²) in [5, 5.41) is 28.4. The minimum atomic E-state index is -1.16. The molecule has 0 saturated heterocycles. The molecule has 0 radical (unpaired) electrons. The van der Waals surface area contributed by atoms with Gasteiger partial charge in [0.25, 0.3) is 0 Å². The predicted molar refractivity (Wildman–Crippen MR) is 63.3 cm³/mol. The maximum Gasteiger partial charge on any atom is 0.404 e. The first-order valence-electron chi connectivity index (χ1n) is 5.39. The number of amides is 1. The van der Waals surface area contributed by atoms with Crippen molar-refractivity contribution in [1.29, 1.82) is 5.26 Å². The van der Waals surface area contributed by atoms with Gasteiger partial charge in [-0.15, -0.1) is 0 Å². The van der Waals surface area contributed by atoms with Crippen LogP contribution in [0.4, 0.5) is 4.79 Å². The average Bonchev–Trinajstić information content (AvgIpc) is 2.37. The van der Waals surface area contributed by atoms with E-state index in [9.17, 15) is 9.90 Å². The molecule has 3 N–H and O–H groups in total. The summed E-state index contributed by atoms with van der Waals surface area (Å²) >= 11 is 0. The van der Waals surface area contributed by atoms with Crippen molar-refractivity contribution in [2.24, 2.45) is 0 Å². The Morgan fingerprint density at radius 3 is 2.67 bits per heavy atom. The molecule has 0 aliphatic rings. The molecule has 0 heterocycles. The number of aliphatic hydroxyl groups excluding tert-OH is 1. The van der Waals surface area contributed by atoms with Crippen LogP contribution in [0.15, 0.2) is 24.3 Å². The fourth-order valence-electron chi connectivity index (χ4n) is 1.25. The Morgan fingerprint density at radius 1 is 1.44 bits per heavy atom. The molecule has 0 aliphatic carbocycles. The largest absolute Gasteiger partial charge is 0.493 e. The molecule has 1 unspecified atom stereocenters. The highest BCUT2D eigenvalue weighted by molar-refractivity contribution is 5.64. The van der Waals surface area contributed by atoms with E-state index < -0.39 is 12.2 Å². The van der Waals surface area contributed by atoms with Crippen molar-refractivity contribution in [3.63, 3.8) is 0 Å². The van der Waals surface area contributed by atoms with E-state index in [1.165, 1.54) is 0 Å². The third-order valence-electron chi connectivity index (χ3n) is 2.19. The number of carboxylic acid groups (broad SMARTS) is 1. The van der Waals surface area contributed by atoms with Gasteiger partial charge in [0.2, 0.25) is 0 Å². The molecule has 0 aromatic heterocycles. The van der Waals surface area contributed by atoms with Crippen LogP contribution in [0.2, 0.25) is 0 Å². The second-order valence-electron chi connectivity index (χ2n) is 3.61. The quantitative estimate of drug-likeness (QED) is 0.697. The number of hydrogen-bond donors (Lipinski definition) is 3. The third-order valence-corrected chi connectivity index (χ3v) is 2.19. The SMILES string of the molecule is N#Cc1ccc(OCCC(O)CNC(=O)O)cc1. The van der Waals surface area contributed by atoms with Crippen molar-refractivity contribution in [2.75, 3.05) is 13.2 Å². The number of hydrogen-bond acceptors (Lipinski definition) is 4. The minimum absolute atomic E-state index is 0.0218. The highest BCUT2D eigenvalue weighted by atomic mass is 16.5. The van der Waals surface area contributed by atoms with Gasteiger partial charge in [-0.05, 0) is 24.3 Å². The Morgan fingerprint density at radius 2 is 2.11 bits per heavy atom. The van der Waals surface area contributed by atoms with E-state index in [0.29, 0.717) is 17.7 Å². The number of aliphatic hydroxyl groups is 1. The molecule has 6 nitrogen and oxygen atoms in total. The zero-order chi connectivity index (χ0) is 13.4. The van der Waals surface area contributed by atoms with E-state index in [4.69, 9.17) is 15.1 Å². The van der Waals surface area contributed by atoms with Gasteiger partial charge in [0.1, 0.15) is 5.75 Å². The van der Waals surface area contributed by atoms with Crippen molar-refractivity contribution >= 4 is 6.09 Å². The van der Waals surface area contributed by atoms with Crippen LogP contribution in [0.3, 0.4) is 0 Å². The van der Waals surface area contributed by atoms with Crippen molar-refractivity contribution in [2.45, 2.75) is 12.5 Å². The molecule has 1 atom stereocenters. The number of carbonyl (C=O) groups is 1. The number of nitriles is 1. The molecule has 18 heavy (non-hydrogen) atoms. The number of ether oxygens (including phenoxy) is 1. The van der Waals surface area contributed by atoms with E-state index in [1.807, 2.05) is 6.07 Å². The molecule has 96 valence electrons. The molecule has 1 aromatic rings. The predicted octanol–water partition coefficient (Wildman–Crippen LogP) is 0.956. The van der Waals surface area contributed by atoms with Gasteiger partial charge in [0.15, 0.2) is 0 Å². The van der Waals surface area contributed by atoms with Crippen LogP contribution in [0.5, 0.6) is 5.75 Å². The average molecular weight is 250 g/mol. The Labute approximate surface area is 104 Å². The summed E-state index contributed by atoms with van der Waals surface area (Å²) in [6.45, 7) is 0.250. The van der Waals surface area contributed by atoms with Gasteiger partial charge in [0, 0.05) is 13.0 Å². The molecule has 6 heteroatoms. The summed E-state index contributed by atoms with van der Waals surface area (Å²) in [7, 11) is 0. The van der Waals surface area contributed by atoms with Crippen LogP contribution in [0.25, 0.3) is 0 Å². The Bertz CT molecular complexity index is 425. The van der Waals surface area contributed by atoms with E-state index in [1.54, 1.807) is 24.3 Å². The van der Waals surface area contributed by atoms with Gasteiger partial charge in [-0.3, -0.25) is 0 Å². The lowest BCUT2D eigenvalue weighted by Crippen LogP contribution is -2.31. The van der Waals surface area contributed by atoms with E-state index >= 15 is 0 Å². The molecular weight excluding hydrogens is 236 g/mol. The number of nitrogens with one attached hydrogen (secondary N) is 1. The monoisotopic (exact) mass is 250 g/mol. The van der Waals surface area contributed by atoms with Crippen molar-refractivity contribution in [1.82, 2.24) is 5.32 Å². The summed E-state index contributed by atoms with van der Waals surface area (Å²) in [6, 6.07) is 8.60. The highest BCUT2D eigenvalue weighted by Gasteiger charge is 2.06. The first kappa shape index (κ1) is 13.8.